The quantitative estimate of drug-likeness (QED) is 0.431. The third-order valence-electron chi connectivity index (χ3n) is 2.31. The van der Waals surface area contributed by atoms with Crippen LogP contribution >= 0.6 is 0 Å². The molecule has 0 heteroatoms. The molecule has 2 aliphatic rings. The van der Waals surface area contributed by atoms with Gasteiger partial charge in [-0.1, -0.05) is 24.3 Å². The lowest BCUT2D eigenvalue weighted by Gasteiger charge is -2.25. The van der Waals surface area contributed by atoms with Crippen LogP contribution in [0.3, 0.4) is 0 Å². The standard InChI is InChI=1S/C9H12/c1-3-8-5-2-6-9(4-1)7-8/h1-3,5,8-9H,4,6-7H2. The Morgan fingerprint density at radius 3 is 2.11 bits per heavy atom. The predicted molar refractivity (Wildman–Crippen MR) is 39.1 cm³/mol. The smallest absolute Gasteiger partial charge is 0.00506 e. The molecule has 0 nitrogen and oxygen atoms in total. The molecule has 0 saturated carbocycles. The number of hydrogen-bond donors (Lipinski definition) is 0. The van der Waals surface area contributed by atoms with Crippen LogP contribution in [0.5, 0.6) is 0 Å². The Morgan fingerprint density at radius 2 is 1.67 bits per heavy atom. The van der Waals surface area contributed by atoms with E-state index in [0.29, 0.717) is 0 Å². The Morgan fingerprint density at radius 1 is 1.00 bits per heavy atom. The first-order valence-corrected chi connectivity index (χ1v) is 3.78. The summed E-state index contributed by atoms with van der Waals surface area (Å²) in [5, 5.41) is 0. The first-order chi connectivity index (χ1) is 4.45. The van der Waals surface area contributed by atoms with Crippen LogP contribution in [0.25, 0.3) is 0 Å². The zero-order valence-corrected chi connectivity index (χ0v) is 5.59. The van der Waals surface area contributed by atoms with Gasteiger partial charge in [0.1, 0.15) is 0 Å². The highest BCUT2D eigenvalue weighted by atomic mass is 14.2. The molecule has 2 aliphatic carbocycles. The third kappa shape index (κ3) is 0.937. The first kappa shape index (κ1) is 5.28. The minimum Gasteiger partial charge on any atom is -0.0877 e. The van der Waals surface area contributed by atoms with Crippen molar-refractivity contribution in [2.75, 3.05) is 0 Å². The fourth-order valence-electron chi connectivity index (χ4n) is 1.79. The van der Waals surface area contributed by atoms with Gasteiger partial charge in [0.05, 0.1) is 0 Å². The van der Waals surface area contributed by atoms with Crippen molar-refractivity contribution in [3.8, 4) is 0 Å². The van der Waals surface area contributed by atoms with E-state index in [4.69, 9.17) is 0 Å². The Labute approximate surface area is 56.3 Å². The van der Waals surface area contributed by atoms with Gasteiger partial charge in [-0.25, -0.2) is 0 Å². The van der Waals surface area contributed by atoms with Crippen LogP contribution in [0.4, 0.5) is 0 Å². The average Bonchev–Trinajstić information content (AvgIpc) is 1.88. The second-order valence-corrected chi connectivity index (χ2v) is 3.09. The maximum Gasteiger partial charge on any atom is -0.00506 e. The molecule has 0 spiro atoms. The van der Waals surface area contributed by atoms with Crippen LogP contribution < -0.4 is 0 Å². The summed E-state index contributed by atoms with van der Waals surface area (Å²) in [5.74, 6) is 1.77. The van der Waals surface area contributed by atoms with Crippen molar-refractivity contribution in [3.05, 3.63) is 24.3 Å². The van der Waals surface area contributed by atoms with E-state index in [1.807, 2.05) is 0 Å². The van der Waals surface area contributed by atoms with Crippen molar-refractivity contribution in [3.63, 3.8) is 0 Å². The van der Waals surface area contributed by atoms with E-state index < -0.39 is 0 Å². The average molecular weight is 120 g/mol. The van der Waals surface area contributed by atoms with Crippen molar-refractivity contribution in [1.29, 1.82) is 0 Å². The third-order valence-corrected chi connectivity index (χ3v) is 2.31. The van der Waals surface area contributed by atoms with Crippen LogP contribution in [0.15, 0.2) is 24.3 Å². The molecule has 0 aliphatic heterocycles. The Bertz CT molecular complexity index is 137. The second kappa shape index (κ2) is 2.02. The lowest BCUT2D eigenvalue weighted by Crippen LogP contribution is -2.12. The number of fused-ring (bicyclic) bond motifs is 2. The summed E-state index contributed by atoms with van der Waals surface area (Å²) < 4.78 is 0. The zero-order valence-electron chi connectivity index (χ0n) is 5.59. The molecule has 0 unspecified atom stereocenters. The van der Waals surface area contributed by atoms with Crippen molar-refractivity contribution in [2.24, 2.45) is 11.8 Å². The van der Waals surface area contributed by atoms with Gasteiger partial charge in [0.2, 0.25) is 0 Å². The van der Waals surface area contributed by atoms with Gasteiger partial charge in [-0.3, -0.25) is 0 Å². The number of rotatable bonds is 0. The number of hydrogen-bond acceptors (Lipinski definition) is 0. The lowest BCUT2D eigenvalue weighted by molar-refractivity contribution is 0.421. The van der Waals surface area contributed by atoms with E-state index in [0.717, 1.165) is 11.8 Å². The highest BCUT2D eigenvalue weighted by Gasteiger charge is 2.17. The summed E-state index contributed by atoms with van der Waals surface area (Å²) in [4.78, 5) is 0. The molecule has 0 amide bonds. The van der Waals surface area contributed by atoms with Crippen molar-refractivity contribution in [2.45, 2.75) is 19.3 Å². The van der Waals surface area contributed by atoms with Crippen molar-refractivity contribution >= 4 is 0 Å². The summed E-state index contributed by atoms with van der Waals surface area (Å²) in [6, 6.07) is 0. The normalized spacial score (nSPS) is 39.1. The molecule has 9 heavy (non-hydrogen) atoms. The Balaban J connectivity index is 2.21. The topological polar surface area (TPSA) is 0 Å². The summed E-state index contributed by atoms with van der Waals surface area (Å²) in [7, 11) is 0. The molecular weight excluding hydrogens is 108 g/mol. The fourth-order valence-corrected chi connectivity index (χ4v) is 1.79. The SMILES string of the molecule is C1=CC2C=CCC(C1)C2. The van der Waals surface area contributed by atoms with Gasteiger partial charge in [0.15, 0.2) is 0 Å². The lowest BCUT2D eigenvalue weighted by atomic mass is 9.81. The van der Waals surface area contributed by atoms with E-state index in [2.05, 4.69) is 24.3 Å². The molecule has 0 radical (unpaired) electrons. The number of allylic oxidation sites excluding steroid dienone is 4. The molecule has 0 atom stereocenters. The van der Waals surface area contributed by atoms with Crippen LogP contribution in [0.1, 0.15) is 19.3 Å². The maximum atomic E-state index is 2.34. The minimum atomic E-state index is 0.789. The maximum absolute atomic E-state index is 2.34. The molecule has 2 rings (SSSR count). The van der Waals surface area contributed by atoms with E-state index in [9.17, 15) is 0 Å². The molecule has 48 valence electrons. The second-order valence-electron chi connectivity index (χ2n) is 3.09. The molecule has 0 N–H and O–H groups in total. The highest BCUT2D eigenvalue weighted by molar-refractivity contribution is 5.09. The molecule has 0 fully saturated rings. The Hall–Kier alpha value is -0.520. The Kier molecular flexibility index (Phi) is 1.18. The molecule has 0 heterocycles. The van der Waals surface area contributed by atoms with Gasteiger partial charge in [0.25, 0.3) is 0 Å². The van der Waals surface area contributed by atoms with Gasteiger partial charge in [0, 0.05) is 0 Å². The molecule has 0 aromatic heterocycles. The summed E-state index contributed by atoms with van der Waals surface area (Å²) in [6.07, 6.45) is 13.4. The monoisotopic (exact) mass is 120 g/mol. The summed E-state index contributed by atoms with van der Waals surface area (Å²) in [6.45, 7) is 0. The zero-order chi connectivity index (χ0) is 6.10. The minimum absolute atomic E-state index is 0.789. The molecule has 2 bridgehead atoms. The van der Waals surface area contributed by atoms with Crippen molar-refractivity contribution in [1.82, 2.24) is 0 Å². The van der Waals surface area contributed by atoms with Gasteiger partial charge in [-0.2, -0.15) is 0 Å². The van der Waals surface area contributed by atoms with Gasteiger partial charge in [-0.15, -0.1) is 0 Å². The van der Waals surface area contributed by atoms with Crippen LogP contribution in [-0.4, -0.2) is 0 Å². The fraction of sp³-hybridized carbons (Fsp3) is 0.556. The highest BCUT2D eigenvalue weighted by Crippen LogP contribution is 2.30. The van der Waals surface area contributed by atoms with Crippen LogP contribution in [-0.2, 0) is 0 Å². The van der Waals surface area contributed by atoms with Crippen molar-refractivity contribution < 1.29 is 0 Å². The summed E-state index contributed by atoms with van der Waals surface area (Å²) in [5.41, 5.74) is 0. The van der Waals surface area contributed by atoms with E-state index in [1.165, 1.54) is 19.3 Å². The van der Waals surface area contributed by atoms with Gasteiger partial charge >= 0.3 is 0 Å². The first-order valence-electron chi connectivity index (χ1n) is 3.78. The molecule has 0 aromatic rings. The van der Waals surface area contributed by atoms with E-state index in [1.54, 1.807) is 0 Å². The van der Waals surface area contributed by atoms with Gasteiger partial charge in [-0.05, 0) is 31.1 Å². The molecule has 0 saturated heterocycles. The van der Waals surface area contributed by atoms with E-state index >= 15 is 0 Å². The summed E-state index contributed by atoms with van der Waals surface area (Å²) >= 11 is 0. The van der Waals surface area contributed by atoms with Gasteiger partial charge < -0.3 is 0 Å². The largest absolute Gasteiger partial charge is 0.0877 e. The molecular formula is C9H12. The van der Waals surface area contributed by atoms with E-state index in [-0.39, 0.29) is 0 Å². The molecule has 0 aromatic carbocycles. The van der Waals surface area contributed by atoms with Crippen LogP contribution in [0, 0.1) is 11.8 Å². The van der Waals surface area contributed by atoms with Crippen LogP contribution in [0.2, 0.25) is 0 Å². The predicted octanol–water partition coefficient (Wildman–Crippen LogP) is 2.53.